The molecule has 1 fully saturated rings. The second-order valence-electron chi connectivity index (χ2n) is 5.49. The molecule has 4 nitrogen and oxygen atoms in total. The number of halogens is 2. The largest absolute Gasteiger partial charge is 0.330 e. The quantitative estimate of drug-likeness (QED) is 0.891. The zero-order chi connectivity index (χ0) is 14.5. The minimum Gasteiger partial charge on any atom is -0.330 e. The molecule has 1 amide bonds. The zero-order valence-electron chi connectivity index (χ0n) is 12.3. The fourth-order valence-electron chi connectivity index (χ4n) is 2.49. The van der Waals surface area contributed by atoms with Gasteiger partial charge >= 0.3 is 0 Å². The second kappa shape index (κ2) is 8.59. The van der Waals surface area contributed by atoms with E-state index >= 15 is 0 Å². The molecule has 0 saturated carbocycles. The van der Waals surface area contributed by atoms with Crippen molar-refractivity contribution in [2.45, 2.75) is 19.8 Å². The van der Waals surface area contributed by atoms with Crippen LogP contribution in [-0.2, 0) is 4.79 Å². The number of carbonyl (C=O) groups excluding carboxylic acids is 1. The van der Waals surface area contributed by atoms with Gasteiger partial charge in [0.2, 0.25) is 5.91 Å². The average Bonchev–Trinajstić information content (AvgIpc) is 2.43. The summed E-state index contributed by atoms with van der Waals surface area (Å²) in [6.45, 7) is 5.02. The van der Waals surface area contributed by atoms with Crippen LogP contribution in [0.25, 0.3) is 0 Å². The van der Waals surface area contributed by atoms with Crippen LogP contribution in [0, 0.1) is 12.8 Å². The number of carbonyl (C=O) groups is 1. The number of anilines is 1. The van der Waals surface area contributed by atoms with E-state index in [1.54, 1.807) is 0 Å². The molecule has 1 aliphatic rings. The molecule has 0 aliphatic carbocycles. The Kier molecular flexibility index (Phi) is 7.46. The predicted octanol–water partition coefficient (Wildman–Crippen LogP) is 2.68. The lowest BCUT2D eigenvalue weighted by Crippen LogP contribution is -2.40. The van der Waals surface area contributed by atoms with Crippen LogP contribution in [0.3, 0.4) is 0 Å². The number of hydrogen-bond donors (Lipinski definition) is 2. The summed E-state index contributed by atoms with van der Waals surface area (Å²) in [5.74, 6) is 0.600. The predicted molar refractivity (Wildman–Crippen MR) is 90.3 cm³/mol. The lowest BCUT2D eigenvalue weighted by atomic mass is 9.97. The first-order valence-electron chi connectivity index (χ1n) is 7.07. The summed E-state index contributed by atoms with van der Waals surface area (Å²) >= 11 is 6.11. The number of nitrogens with one attached hydrogen (secondary N) is 1. The van der Waals surface area contributed by atoms with Crippen LogP contribution in [0.15, 0.2) is 18.2 Å². The van der Waals surface area contributed by atoms with Crippen LogP contribution in [0.5, 0.6) is 0 Å². The monoisotopic (exact) mass is 331 g/mol. The summed E-state index contributed by atoms with van der Waals surface area (Å²) in [6.07, 6.45) is 2.16. The van der Waals surface area contributed by atoms with E-state index in [4.69, 9.17) is 17.3 Å². The Balaban J connectivity index is 0.00000220. The van der Waals surface area contributed by atoms with Gasteiger partial charge in [-0.3, -0.25) is 9.69 Å². The van der Waals surface area contributed by atoms with Crippen LogP contribution < -0.4 is 11.1 Å². The smallest absolute Gasteiger partial charge is 0.238 e. The van der Waals surface area contributed by atoms with Crippen LogP contribution in [0.1, 0.15) is 18.4 Å². The maximum Gasteiger partial charge on any atom is 0.238 e. The number of hydrogen-bond acceptors (Lipinski definition) is 3. The highest BCUT2D eigenvalue weighted by molar-refractivity contribution is 6.33. The van der Waals surface area contributed by atoms with E-state index in [1.165, 1.54) is 0 Å². The van der Waals surface area contributed by atoms with Gasteiger partial charge in [0.15, 0.2) is 0 Å². The third kappa shape index (κ3) is 5.47. The summed E-state index contributed by atoms with van der Waals surface area (Å²) in [6, 6.07) is 5.63. The number of nitrogens with zero attached hydrogens (tertiary/aromatic N) is 1. The van der Waals surface area contributed by atoms with E-state index in [9.17, 15) is 4.79 Å². The highest BCUT2D eigenvalue weighted by Crippen LogP contribution is 2.23. The van der Waals surface area contributed by atoms with E-state index in [2.05, 4.69) is 10.2 Å². The van der Waals surface area contributed by atoms with Crippen LogP contribution in [-0.4, -0.2) is 37.0 Å². The lowest BCUT2D eigenvalue weighted by molar-refractivity contribution is -0.117. The minimum atomic E-state index is -0.0121. The van der Waals surface area contributed by atoms with Crippen molar-refractivity contribution >= 4 is 35.6 Å². The molecule has 1 heterocycles. The Bertz CT molecular complexity index is 474. The maximum atomic E-state index is 12.0. The van der Waals surface area contributed by atoms with Crippen molar-refractivity contribution in [2.24, 2.45) is 11.7 Å². The van der Waals surface area contributed by atoms with Crippen LogP contribution in [0.4, 0.5) is 5.69 Å². The van der Waals surface area contributed by atoms with Gasteiger partial charge in [-0.15, -0.1) is 12.4 Å². The number of benzene rings is 1. The Labute approximate surface area is 137 Å². The zero-order valence-corrected chi connectivity index (χ0v) is 13.8. The van der Waals surface area contributed by atoms with E-state index in [1.807, 2.05) is 25.1 Å². The SMILES string of the molecule is Cc1ccc(NC(=O)CN2CCC(CN)CC2)c(Cl)c1.Cl. The van der Waals surface area contributed by atoms with E-state index < -0.39 is 0 Å². The van der Waals surface area contributed by atoms with Crippen molar-refractivity contribution in [3.8, 4) is 0 Å². The highest BCUT2D eigenvalue weighted by Gasteiger charge is 2.20. The molecule has 1 saturated heterocycles. The molecule has 0 spiro atoms. The van der Waals surface area contributed by atoms with Crippen molar-refractivity contribution in [1.82, 2.24) is 4.90 Å². The molecule has 0 radical (unpaired) electrons. The first kappa shape index (κ1) is 18.2. The number of aryl methyl sites for hydroxylation is 1. The molecule has 1 aliphatic heterocycles. The van der Waals surface area contributed by atoms with Gasteiger partial charge in [0, 0.05) is 0 Å². The van der Waals surface area contributed by atoms with Crippen LogP contribution in [0.2, 0.25) is 5.02 Å². The third-order valence-electron chi connectivity index (χ3n) is 3.81. The first-order valence-corrected chi connectivity index (χ1v) is 7.44. The third-order valence-corrected chi connectivity index (χ3v) is 4.12. The minimum absolute atomic E-state index is 0. The number of likely N-dealkylation sites (tertiary alicyclic amines) is 1. The Hall–Kier alpha value is -0.810. The van der Waals surface area contributed by atoms with Crippen molar-refractivity contribution in [2.75, 3.05) is 31.5 Å². The van der Waals surface area contributed by atoms with Gasteiger partial charge in [0.25, 0.3) is 0 Å². The molecule has 0 atom stereocenters. The highest BCUT2D eigenvalue weighted by atomic mass is 35.5. The van der Waals surface area contributed by atoms with Gasteiger partial charge in [-0.25, -0.2) is 0 Å². The van der Waals surface area contributed by atoms with E-state index in [0.29, 0.717) is 23.2 Å². The summed E-state index contributed by atoms with van der Waals surface area (Å²) < 4.78 is 0. The molecule has 1 aromatic rings. The van der Waals surface area contributed by atoms with Gasteiger partial charge in [-0.2, -0.15) is 0 Å². The fourth-order valence-corrected chi connectivity index (χ4v) is 2.78. The molecule has 6 heteroatoms. The summed E-state index contributed by atoms with van der Waals surface area (Å²) in [5, 5.41) is 3.46. The average molecular weight is 332 g/mol. The number of amides is 1. The first-order chi connectivity index (χ1) is 9.58. The Morgan fingerprint density at radius 2 is 2.10 bits per heavy atom. The van der Waals surface area contributed by atoms with Gasteiger partial charge in [-0.05, 0) is 63.0 Å². The maximum absolute atomic E-state index is 12.0. The fraction of sp³-hybridized carbons (Fsp3) is 0.533. The van der Waals surface area contributed by atoms with Crippen molar-refractivity contribution in [3.05, 3.63) is 28.8 Å². The standard InChI is InChI=1S/C15H22ClN3O.ClH/c1-11-2-3-14(13(16)8-11)18-15(20)10-19-6-4-12(9-17)5-7-19;/h2-3,8,12H,4-7,9-10,17H2,1H3,(H,18,20);1H. The van der Waals surface area contributed by atoms with E-state index in [0.717, 1.165) is 38.0 Å². The summed E-state index contributed by atoms with van der Waals surface area (Å²) in [4.78, 5) is 14.2. The van der Waals surface area contributed by atoms with Gasteiger partial charge < -0.3 is 11.1 Å². The molecule has 21 heavy (non-hydrogen) atoms. The molecule has 2 rings (SSSR count). The van der Waals surface area contributed by atoms with Crippen molar-refractivity contribution in [3.63, 3.8) is 0 Å². The van der Waals surface area contributed by atoms with Crippen LogP contribution >= 0.6 is 24.0 Å². The van der Waals surface area contributed by atoms with Gasteiger partial charge in [0.05, 0.1) is 17.3 Å². The van der Waals surface area contributed by atoms with Gasteiger partial charge in [0.1, 0.15) is 0 Å². The molecule has 3 N–H and O–H groups in total. The number of piperidine rings is 1. The lowest BCUT2D eigenvalue weighted by Gasteiger charge is -2.30. The molecule has 0 unspecified atom stereocenters. The molecule has 118 valence electrons. The number of nitrogens with two attached hydrogens (primary N) is 1. The molecular formula is C15H23Cl2N3O. The topological polar surface area (TPSA) is 58.4 Å². The van der Waals surface area contributed by atoms with Crippen molar-refractivity contribution in [1.29, 1.82) is 0 Å². The normalized spacial score (nSPS) is 16.3. The molecule has 0 aromatic heterocycles. The Morgan fingerprint density at radius 1 is 1.43 bits per heavy atom. The Morgan fingerprint density at radius 3 is 2.67 bits per heavy atom. The van der Waals surface area contributed by atoms with Crippen molar-refractivity contribution < 1.29 is 4.79 Å². The molecular weight excluding hydrogens is 309 g/mol. The van der Waals surface area contributed by atoms with E-state index in [-0.39, 0.29) is 18.3 Å². The van der Waals surface area contributed by atoms with Gasteiger partial charge in [-0.1, -0.05) is 17.7 Å². The summed E-state index contributed by atoms with van der Waals surface area (Å²) in [5.41, 5.74) is 7.43. The second-order valence-corrected chi connectivity index (χ2v) is 5.89. The number of rotatable bonds is 4. The molecule has 1 aromatic carbocycles. The molecule has 0 bridgehead atoms. The summed E-state index contributed by atoms with van der Waals surface area (Å²) in [7, 11) is 0.